The molecule has 1 saturated heterocycles. The van der Waals surface area contributed by atoms with E-state index < -0.39 is 0 Å². The van der Waals surface area contributed by atoms with Crippen molar-refractivity contribution in [3.63, 3.8) is 0 Å². The first-order chi connectivity index (χ1) is 5.68. The van der Waals surface area contributed by atoms with Crippen molar-refractivity contribution in [2.75, 3.05) is 31.9 Å². The van der Waals surface area contributed by atoms with Crippen LogP contribution in [0.2, 0.25) is 0 Å². The molecule has 1 fully saturated rings. The van der Waals surface area contributed by atoms with E-state index in [9.17, 15) is 10.1 Å². The molecule has 1 heterocycles. The lowest BCUT2D eigenvalue weighted by atomic mass is 10.4. The maximum absolute atomic E-state index is 10.1. The maximum atomic E-state index is 10.1. The van der Waals surface area contributed by atoms with Crippen LogP contribution in [-0.2, 0) is 0 Å². The lowest BCUT2D eigenvalue weighted by Gasteiger charge is -2.28. The minimum Gasteiger partial charge on any atom is -0.295 e. The van der Waals surface area contributed by atoms with Crippen molar-refractivity contribution in [2.45, 2.75) is 12.2 Å². The highest BCUT2D eigenvalue weighted by molar-refractivity contribution is 7.99. The number of thioether (sulfide) groups is 1. The fourth-order valence-corrected chi connectivity index (χ4v) is 2.40. The molecule has 5 heteroatoms. The third-order valence-corrected chi connectivity index (χ3v) is 3.06. The van der Waals surface area contributed by atoms with Crippen LogP contribution in [0.5, 0.6) is 0 Å². The lowest BCUT2D eigenvalue weighted by molar-refractivity contribution is -0.480. The van der Waals surface area contributed by atoms with Crippen LogP contribution >= 0.6 is 11.8 Å². The first-order valence-electron chi connectivity index (χ1n) is 4.14. The van der Waals surface area contributed by atoms with Crippen molar-refractivity contribution in [2.24, 2.45) is 0 Å². The van der Waals surface area contributed by atoms with Crippen molar-refractivity contribution in [3.05, 3.63) is 10.1 Å². The van der Waals surface area contributed by atoms with Crippen molar-refractivity contribution < 1.29 is 4.92 Å². The predicted molar refractivity (Wildman–Crippen MR) is 50.2 cm³/mol. The Balaban J connectivity index is 2.18. The molecule has 0 aromatic heterocycles. The number of rotatable bonds is 3. The lowest BCUT2D eigenvalue weighted by Crippen LogP contribution is -2.39. The Morgan fingerprint density at radius 3 is 3.08 bits per heavy atom. The summed E-state index contributed by atoms with van der Waals surface area (Å²) < 4.78 is 0. The van der Waals surface area contributed by atoms with E-state index in [1.54, 1.807) is 0 Å². The van der Waals surface area contributed by atoms with Gasteiger partial charge in [0.25, 0.3) is 0 Å². The summed E-state index contributed by atoms with van der Waals surface area (Å²) >= 11 is 1.94. The van der Waals surface area contributed by atoms with Crippen molar-refractivity contribution in [1.82, 2.24) is 4.90 Å². The number of hydrogen-bond donors (Lipinski definition) is 0. The van der Waals surface area contributed by atoms with Crippen LogP contribution in [0.15, 0.2) is 0 Å². The summed E-state index contributed by atoms with van der Waals surface area (Å²) in [5.41, 5.74) is 0. The van der Waals surface area contributed by atoms with Gasteiger partial charge in [-0.15, -0.1) is 0 Å². The van der Waals surface area contributed by atoms with Crippen molar-refractivity contribution >= 4 is 11.8 Å². The molecule has 0 aliphatic carbocycles. The summed E-state index contributed by atoms with van der Waals surface area (Å²) in [6, 6.07) is 0. The average molecular weight is 190 g/mol. The molecule has 4 nitrogen and oxygen atoms in total. The van der Waals surface area contributed by atoms with Crippen LogP contribution in [0.1, 0.15) is 6.92 Å². The largest absolute Gasteiger partial charge is 0.295 e. The van der Waals surface area contributed by atoms with E-state index in [-0.39, 0.29) is 11.5 Å². The molecule has 0 spiro atoms. The summed E-state index contributed by atoms with van der Waals surface area (Å²) in [7, 11) is 0. The first kappa shape index (κ1) is 9.80. The van der Waals surface area contributed by atoms with Crippen LogP contribution in [-0.4, -0.2) is 47.0 Å². The highest BCUT2D eigenvalue weighted by atomic mass is 32.2. The quantitative estimate of drug-likeness (QED) is 0.485. The van der Waals surface area contributed by atoms with Crippen molar-refractivity contribution in [1.29, 1.82) is 0 Å². The minimum atomic E-state index is -0.244. The molecule has 0 bridgehead atoms. The summed E-state index contributed by atoms with van der Waals surface area (Å²) in [6.07, 6.45) is 0. The van der Waals surface area contributed by atoms with Crippen LogP contribution in [0.25, 0.3) is 0 Å². The molecule has 1 rings (SSSR count). The molecule has 1 aliphatic rings. The van der Waals surface area contributed by atoms with E-state index >= 15 is 0 Å². The number of nitro groups is 1. The minimum absolute atomic E-state index is 0.0807. The normalized spacial score (nSPS) is 25.6. The van der Waals surface area contributed by atoms with Gasteiger partial charge in [-0.1, -0.05) is 6.92 Å². The molecule has 0 N–H and O–H groups in total. The number of hydrogen-bond acceptors (Lipinski definition) is 4. The molecule has 1 unspecified atom stereocenters. The molecule has 12 heavy (non-hydrogen) atoms. The van der Waals surface area contributed by atoms with E-state index in [0.717, 1.165) is 18.8 Å². The summed E-state index contributed by atoms with van der Waals surface area (Å²) in [6.45, 7) is 4.86. The molecule has 70 valence electrons. The molecule has 1 aliphatic heterocycles. The average Bonchev–Trinajstić information content (AvgIpc) is 2.01. The molecule has 0 amide bonds. The Bertz CT molecular complexity index is 165. The molecule has 0 saturated carbocycles. The highest BCUT2D eigenvalue weighted by Gasteiger charge is 2.17. The Morgan fingerprint density at radius 1 is 1.75 bits per heavy atom. The zero-order valence-corrected chi connectivity index (χ0v) is 8.05. The van der Waals surface area contributed by atoms with Gasteiger partial charge in [0.15, 0.2) is 0 Å². The smallest absolute Gasteiger partial charge is 0.216 e. The van der Waals surface area contributed by atoms with Crippen LogP contribution in [0, 0.1) is 10.1 Å². The molecule has 0 aromatic carbocycles. The first-order valence-corrected chi connectivity index (χ1v) is 5.19. The molecular weight excluding hydrogens is 176 g/mol. The third kappa shape index (κ3) is 3.40. The molecule has 0 aromatic rings. The highest BCUT2D eigenvalue weighted by Crippen LogP contribution is 2.16. The van der Waals surface area contributed by atoms with Gasteiger partial charge < -0.3 is 0 Å². The van der Waals surface area contributed by atoms with Gasteiger partial charge in [-0.05, 0) is 0 Å². The van der Waals surface area contributed by atoms with Gasteiger partial charge in [-0.3, -0.25) is 15.0 Å². The fourth-order valence-electron chi connectivity index (χ4n) is 1.32. The molecular formula is C7H14N2O2S. The summed E-state index contributed by atoms with van der Waals surface area (Å²) in [5.74, 6) is 1.11. The van der Waals surface area contributed by atoms with Crippen LogP contribution in [0.4, 0.5) is 0 Å². The van der Waals surface area contributed by atoms with Gasteiger partial charge in [0.05, 0.1) is 6.54 Å². The van der Waals surface area contributed by atoms with Crippen LogP contribution < -0.4 is 0 Å². The van der Waals surface area contributed by atoms with Gasteiger partial charge >= 0.3 is 0 Å². The topological polar surface area (TPSA) is 46.4 Å². The second-order valence-corrected chi connectivity index (χ2v) is 4.58. The Morgan fingerprint density at radius 2 is 2.50 bits per heavy atom. The SMILES string of the molecule is CC1CN(CC[N+](=O)[O-])CCS1. The van der Waals surface area contributed by atoms with E-state index in [2.05, 4.69) is 11.8 Å². The van der Waals surface area contributed by atoms with Crippen molar-refractivity contribution in [3.8, 4) is 0 Å². The zero-order chi connectivity index (χ0) is 8.97. The van der Waals surface area contributed by atoms with E-state index in [4.69, 9.17) is 0 Å². The second kappa shape index (κ2) is 4.67. The predicted octanol–water partition coefficient (Wildman–Crippen LogP) is 0.700. The van der Waals surface area contributed by atoms with Gasteiger partial charge in [-0.25, -0.2) is 0 Å². The van der Waals surface area contributed by atoms with E-state index in [1.807, 2.05) is 11.8 Å². The zero-order valence-electron chi connectivity index (χ0n) is 7.23. The van der Waals surface area contributed by atoms with Crippen LogP contribution in [0.3, 0.4) is 0 Å². The van der Waals surface area contributed by atoms with Gasteiger partial charge in [-0.2, -0.15) is 11.8 Å². The monoisotopic (exact) mass is 190 g/mol. The maximum Gasteiger partial charge on any atom is 0.216 e. The Kier molecular flexibility index (Phi) is 3.81. The fraction of sp³-hybridized carbons (Fsp3) is 1.00. The Labute approximate surface area is 76.5 Å². The second-order valence-electron chi connectivity index (χ2n) is 3.04. The van der Waals surface area contributed by atoms with Gasteiger partial charge in [0, 0.05) is 29.0 Å². The molecule has 1 atom stereocenters. The van der Waals surface area contributed by atoms with E-state index in [1.165, 1.54) is 0 Å². The Hall–Kier alpha value is -0.290. The standard InChI is InChI=1S/C7H14N2O2S/c1-7-6-8(4-5-12-7)2-3-9(10)11/h7H,2-6H2,1H3. The number of nitrogens with zero attached hydrogens (tertiary/aromatic N) is 2. The molecule has 0 radical (unpaired) electrons. The summed E-state index contributed by atoms with van der Waals surface area (Å²) in [4.78, 5) is 12.0. The van der Waals surface area contributed by atoms with Gasteiger partial charge in [0.1, 0.15) is 0 Å². The summed E-state index contributed by atoms with van der Waals surface area (Å²) in [5, 5.41) is 10.7. The van der Waals surface area contributed by atoms with Gasteiger partial charge in [0.2, 0.25) is 6.54 Å². The third-order valence-electron chi connectivity index (χ3n) is 1.92. The van der Waals surface area contributed by atoms with E-state index in [0.29, 0.717) is 11.8 Å².